The summed E-state index contributed by atoms with van der Waals surface area (Å²) in [6, 6.07) is 6.17. The number of rotatable bonds is 5. The van der Waals surface area contributed by atoms with E-state index in [0.717, 1.165) is 6.20 Å². The molecule has 5 heteroatoms. The van der Waals surface area contributed by atoms with Crippen LogP contribution in [0.3, 0.4) is 0 Å². The van der Waals surface area contributed by atoms with E-state index in [1.165, 1.54) is 12.1 Å². The van der Waals surface area contributed by atoms with Crippen molar-refractivity contribution in [1.29, 1.82) is 0 Å². The highest BCUT2D eigenvalue weighted by molar-refractivity contribution is 5.48. The van der Waals surface area contributed by atoms with Gasteiger partial charge in [0.25, 0.3) is 6.20 Å². The van der Waals surface area contributed by atoms with Crippen molar-refractivity contribution in [2.45, 2.75) is 6.92 Å². The number of benzene rings is 1. The molecule has 0 aliphatic heterocycles. The minimum absolute atomic E-state index is 0.344. The largest absolute Gasteiger partial charge is 0.260 e. The van der Waals surface area contributed by atoms with Crippen molar-refractivity contribution in [3.05, 3.63) is 46.8 Å². The van der Waals surface area contributed by atoms with Crippen LogP contribution in [0.1, 0.15) is 12.5 Å². The molecule has 0 amide bonds. The fourth-order valence-corrected chi connectivity index (χ4v) is 0.917. The number of hydrazine groups is 1. The summed E-state index contributed by atoms with van der Waals surface area (Å²) in [6.07, 6.45) is 2.49. The van der Waals surface area contributed by atoms with Crippen LogP contribution in [-0.2, 0) is 4.84 Å². The zero-order valence-corrected chi connectivity index (χ0v) is 8.31. The van der Waals surface area contributed by atoms with E-state index in [-0.39, 0.29) is 5.82 Å². The topological polar surface area (TPSA) is 41.3 Å². The van der Waals surface area contributed by atoms with Gasteiger partial charge in [-0.3, -0.25) is 0 Å². The maximum atomic E-state index is 13.1. The molecule has 0 saturated carbocycles. The minimum atomic E-state index is -0.376. The van der Waals surface area contributed by atoms with Gasteiger partial charge in [0.05, 0.1) is 11.5 Å². The van der Waals surface area contributed by atoms with Crippen molar-refractivity contribution in [2.75, 3.05) is 6.61 Å². The molecule has 4 nitrogen and oxygen atoms in total. The zero-order valence-electron chi connectivity index (χ0n) is 8.31. The second kappa shape index (κ2) is 5.87. The Morgan fingerprint density at radius 3 is 2.93 bits per heavy atom. The molecule has 0 spiro atoms. The summed E-state index contributed by atoms with van der Waals surface area (Å²) in [7, 11) is 0. The Bertz CT molecular complexity index is 366. The van der Waals surface area contributed by atoms with E-state index < -0.39 is 0 Å². The lowest BCUT2D eigenvalue weighted by atomic mass is 10.2. The number of hydrogen-bond acceptors (Lipinski definition) is 2. The third kappa shape index (κ3) is 3.86. The summed E-state index contributed by atoms with van der Waals surface area (Å²) >= 11 is 0. The summed E-state index contributed by atoms with van der Waals surface area (Å²) in [5, 5.41) is 0. The van der Waals surface area contributed by atoms with Crippen LogP contribution in [-0.4, -0.2) is 11.5 Å². The second-order valence-corrected chi connectivity index (χ2v) is 2.69. The van der Waals surface area contributed by atoms with Crippen molar-refractivity contribution in [1.82, 2.24) is 5.59 Å². The van der Waals surface area contributed by atoms with Crippen LogP contribution >= 0.6 is 0 Å². The first-order valence-corrected chi connectivity index (χ1v) is 4.50. The minimum Gasteiger partial charge on any atom is -0.225 e. The summed E-state index contributed by atoms with van der Waals surface area (Å²) < 4.78 is 13.1. The van der Waals surface area contributed by atoms with E-state index >= 15 is 0 Å². The highest BCUT2D eigenvalue weighted by Crippen LogP contribution is 2.07. The number of hydrogen-bond donors (Lipinski definition) is 1. The molecule has 0 bridgehead atoms. The van der Waals surface area contributed by atoms with Crippen LogP contribution in [0.25, 0.3) is 6.08 Å². The molecule has 80 valence electrons. The average Bonchev–Trinajstić information content (AvgIpc) is 2.25. The van der Waals surface area contributed by atoms with Gasteiger partial charge >= 0.3 is 0 Å². The van der Waals surface area contributed by atoms with Crippen molar-refractivity contribution in [2.24, 2.45) is 0 Å². The van der Waals surface area contributed by atoms with Crippen LogP contribution in [0.4, 0.5) is 4.39 Å². The standard InChI is InChI=1S/C10H12FN2O2/c1-2-15-12-13(14)8-7-9-5-3-4-6-10(9)11/h3-8H,2H2,1H3,(H,12,14)/q+1/b8-7+. The van der Waals surface area contributed by atoms with Gasteiger partial charge in [0.1, 0.15) is 5.82 Å². The Kier molecular flexibility index (Phi) is 4.43. The molecule has 0 atom stereocenters. The van der Waals surface area contributed by atoms with Crippen molar-refractivity contribution in [3.63, 3.8) is 0 Å². The Morgan fingerprint density at radius 2 is 2.27 bits per heavy atom. The second-order valence-electron chi connectivity index (χ2n) is 2.69. The molecular formula is C10H12FN2O2+. The van der Waals surface area contributed by atoms with Gasteiger partial charge in [-0.15, -0.1) is 0 Å². The van der Waals surface area contributed by atoms with Crippen molar-refractivity contribution in [3.8, 4) is 0 Å². The normalized spacial score (nSPS) is 10.5. The van der Waals surface area contributed by atoms with Gasteiger partial charge in [-0.25, -0.2) is 9.23 Å². The maximum absolute atomic E-state index is 13.1. The zero-order chi connectivity index (χ0) is 11.1. The molecular weight excluding hydrogens is 199 g/mol. The molecule has 1 aromatic carbocycles. The highest BCUT2D eigenvalue weighted by atomic mass is 19.1. The molecule has 1 rings (SSSR count). The van der Waals surface area contributed by atoms with Gasteiger partial charge in [0.2, 0.25) is 0 Å². The Balaban J connectivity index is 2.58. The van der Waals surface area contributed by atoms with Crippen LogP contribution in [0, 0.1) is 10.7 Å². The molecule has 0 heterocycles. The number of nitrogens with zero attached hydrogens (tertiary/aromatic N) is 1. The average molecular weight is 211 g/mol. The van der Waals surface area contributed by atoms with Gasteiger partial charge in [-0.2, -0.15) is 0 Å². The lowest BCUT2D eigenvalue weighted by Gasteiger charge is -1.93. The van der Waals surface area contributed by atoms with Gasteiger partial charge in [0, 0.05) is 11.6 Å². The summed E-state index contributed by atoms with van der Waals surface area (Å²) in [4.78, 5) is 15.9. The van der Waals surface area contributed by atoms with Crippen LogP contribution in [0.15, 0.2) is 30.5 Å². The molecule has 1 aromatic rings. The molecule has 0 aliphatic rings. The lowest BCUT2D eigenvalue weighted by molar-refractivity contribution is -0.604. The molecule has 0 fully saturated rings. The van der Waals surface area contributed by atoms with Crippen LogP contribution in [0.2, 0.25) is 0 Å². The van der Waals surface area contributed by atoms with Crippen LogP contribution in [0.5, 0.6) is 0 Å². The molecule has 0 radical (unpaired) electrons. The Morgan fingerprint density at radius 1 is 1.53 bits per heavy atom. The SMILES string of the molecule is CCON[N+](=O)/C=C/c1ccccc1F. The predicted molar refractivity (Wildman–Crippen MR) is 53.8 cm³/mol. The quantitative estimate of drug-likeness (QED) is 0.598. The monoisotopic (exact) mass is 211 g/mol. The summed E-state index contributed by atoms with van der Waals surface area (Å²) in [6.45, 7) is 2.10. The highest BCUT2D eigenvalue weighted by Gasteiger charge is 2.02. The fraction of sp³-hybridized carbons (Fsp3) is 0.200. The van der Waals surface area contributed by atoms with E-state index in [2.05, 4.69) is 10.4 Å². The maximum Gasteiger partial charge on any atom is 0.260 e. The van der Waals surface area contributed by atoms with E-state index in [1.54, 1.807) is 25.1 Å². The third-order valence-corrected chi connectivity index (χ3v) is 1.59. The predicted octanol–water partition coefficient (Wildman–Crippen LogP) is 2.03. The molecule has 0 saturated heterocycles. The molecule has 1 N–H and O–H groups in total. The van der Waals surface area contributed by atoms with Crippen molar-refractivity contribution < 1.29 is 14.1 Å². The Labute approximate surface area is 86.9 Å². The smallest absolute Gasteiger partial charge is 0.225 e. The Hall–Kier alpha value is -1.75. The first kappa shape index (κ1) is 11.3. The number of nitrogens with one attached hydrogen (secondary N) is 1. The van der Waals surface area contributed by atoms with Gasteiger partial charge in [-0.1, -0.05) is 18.2 Å². The van der Waals surface area contributed by atoms with Gasteiger partial charge < -0.3 is 0 Å². The van der Waals surface area contributed by atoms with E-state index in [9.17, 15) is 9.30 Å². The van der Waals surface area contributed by atoms with Gasteiger partial charge in [0.15, 0.2) is 4.87 Å². The van der Waals surface area contributed by atoms with Crippen LogP contribution < -0.4 is 5.59 Å². The van der Waals surface area contributed by atoms with E-state index in [0.29, 0.717) is 17.0 Å². The third-order valence-electron chi connectivity index (χ3n) is 1.59. The molecule has 0 aliphatic carbocycles. The van der Waals surface area contributed by atoms with E-state index in [1.807, 2.05) is 0 Å². The lowest BCUT2D eigenvalue weighted by Crippen LogP contribution is -2.22. The summed E-state index contributed by atoms with van der Waals surface area (Å²) in [5.74, 6) is -0.376. The number of nitroso groups, excluding NO2 is 1. The number of halogens is 1. The summed E-state index contributed by atoms with van der Waals surface area (Å²) in [5.41, 5.74) is 2.43. The fourth-order valence-electron chi connectivity index (χ4n) is 0.917. The van der Waals surface area contributed by atoms with Gasteiger partial charge in [-0.05, 0) is 18.6 Å². The first-order chi connectivity index (χ1) is 7.24. The van der Waals surface area contributed by atoms with Crippen molar-refractivity contribution >= 4 is 6.08 Å². The first-order valence-electron chi connectivity index (χ1n) is 4.50. The molecule has 15 heavy (non-hydrogen) atoms. The molecule has 0 aromatic heterocycles. The molecule has 0 unspecified atom stereocenters. The van der Waals surface area contributed by atoms with E-state index in [4.69, 9.17) is 0 Å².